The molecule has 0 fully saturated rings. The van der Waals surface area contributed by atoms with Crippen molar-refractivity contribution in [1.29, 1.82) is 0 Å². The second-order valence-electron chi connectivity index (χ2n) is 20.5. The van der Waals surface area contributed by atoms with Crippen LogP contribution in [0.4, 0.5) is 0 Å². The molecule has 0 spiro atoms. The van der Waals surface area contributed by atoms with E-state index in [1.165, 1.54) is 103 Å². The van der Waals surface area contributed by atoms with Crippen LogP contribution in [0, 0.1) is 0 Å². The Hall–Kier alpha value is -4.45. The van der Waals surface area contributed by atoms with Gasteiger partial charge < -0.3 is 14.2 Å². The van der Waals surface area contributed by atoms with Gasteiger partial charge in [0.1, 0.15) is 13.2 Å². The van der Waals surface area contributed by atoms with Crippen LogP contribution in [0.2, 0.25) is 0 Å². The van der Waals surface area contributed by atoms with Crippen molar-refractivity contribution in [3.63, 3.8) is 0 Å². The molecule has 0 saturated heterocycles. The van der Waals surface area contributed by atoms with Gasteiger partial charge >= 0.3 is 17.9 Å². The minimum atomic E-state index is -0.807. The molecule has 0 aliphatic carbocycles. The predicted octanol–water partition coefficient (Wildman–Crippen LogP) is 21.8. The Kier molecular flexibility index (Phi) is 60.4. The van der Waals surface area contributed by atoms with Crippen LogP contribution in [0.5, 0.6) is 0 Å². The van der Waals surface area contributed by atoms with Crippen molar-refractivity contribution in [2.45, 2.75) is 284 Å². The molecule has 6 nitrogen and oxygen atoms in total. The van der Waals surface area contributed by atoms with Crippen molar-refractivity contribution in [3.05, 3.63) is 134 Å². The van der Waals surface area contributed by atoms with E-state index in [2.05, 4.69) is 154 Å². The number of rotatable bonds is 56. The van der Waals surface area contributed by atoms with Gasteiger partial charge in [-0.15, -0.1) is 0 Å². The monoisotopic (exact) mass is 1060 g/mol. The fourth-order valence-electron chi connectivity index (χ4n) is 8.43. The Bertz CT molecular complexity index is 1650. The maximum Gasteiger partial charge on any atom is 0.306 e. The number of carbonyl (C=O) groups is 3. The Morgan fingerprint density at radius 2 is 0.506 bits per heavy atom. The average molecular weight is 1070 g/mol. The lowest BCUT2D eigenvalue weighted by Crippen LogP contribution is -2.30. The molecule has 0 amide bonds. The zero-order chi connectivity index (χ0) is 55.7. The summed E-state index contributed by atoms with van der Waals surface area (Å²) in [5, 5.41) is 0. The van der Waals surface area contributed by atoms with Gasteiger partial charge in [0.05, 0.1) is 0 Å². The first-order chi connectivity index (χ1) is 38.0. The van der Waals surface area contributed by atoms with Gasteiger partial charge in [-0.05, 0) is 135 Å². The second-order valence-corrected chi connectivity index (χ2v) is 20.5. The third-order valence-electron chi connectivity index (χ3n) is 13.1. The van der Waals surface area contributed by atoms with Gasteiger partial charge in [0, 0.05) is 19.3 Å². The maximum atomic E-state index is 12.9. The van der Waals surface area contributed by atoms with Gasteiger partial charge in [-0.1, -0.05) is 257 Å². The summed E-state index contributed by atoms with van der Waals surface area (Å²) in [4.78, 5) is 38.3. The summed E-state index contributed by atoms with van der Waals surface area (Å²) >= 11 is 0. The molecule has 77 heavy (non-hydrogen) atoms. The van der Waals surface area contributed by atoms with E-state index in [9.17, 15) is 14.4 Å². The minimum absolute atomic E-state index is 0.0999. The Balaban J connectivity index is 4.46. The van der Waals surface area contributed by atoms with Gasteiger partial charge in [-0.3, -0.25) is 14.4 Å². The van der Waals surface area contributed by atoms with Crippen LogP contribution >= 0.6 is 0 Å². The summed E-state index contributed by atoms with van der Waals surface area (Å²) in [6.45, 7) is 6.36. The molecule has 436 valence electrons. The highest BCUT2D eigenvalue weighted by atomic mass is 16.6. The molecule has 0 saturated carbocycles. The van der Waals surface area contributed by atoms with Crippen molar-refractivity contribution < 1.29 is 28.6 Å². The van der Waals surface area contributed by atoms with E-state index in [-0.39, 0.29) is 37.5 Å². The molecule has 1 unspecified atom stereocenters. The molecule has 6 heteroatoms. The third-order valence-corrected chi connectivity index (χ3v) is 13.1. The normalized spacial score (nSPS) is 13.0. The minimum Gasteiger partial charge on any atom is -0.462 e. The lowest BCUT2D eigenvalue weighted by molar-refractivity contribution is -0.167. The number of allylic oxidation sites excluding steroid dienone is 22. The van der Waals surface area contributed by atoms with E-state index in [0.29, 0.717) is 12.8 Å². The van der Waals surface area contributed by atoms with E-state index >= 15 is 0 Å². The van der Waals surface area contributed by atoms with Crippen LogP contribution in [-0.2, 0) is 28.6 Å². The standard InChI is InChI=1S/C71H116O6/c1-4-7-10-13-16-19-22-25-28-31-33-34-35-36-38-40-43-46-49-52-55-58-61-64-70(73)76-67-68(66-75-69(72)63-60-57-54-51-48-45-42-39-30-27-24-21-18-15-12-9-6-3)77-71(74)65-62-59-56-53-50-47-44-41-37-32-29-26-23-20-17-14-11-8-5-2/h7-8,10-11,16-21,25-30,33-34,37,41,47,50,68H,4-6,9,12-15,22-24,31-32,35-36,38-40,42-46,48-49,51-67H2,1-3H3/b10-7-,11-8-,19-16-,20-17-,21-18-,28-25-,29-26-,30-27-,34-33-,41-37-,50-47-. The third kappa shape index (κ3) is 62.3. The van der Waals surface area contributed by atoms with Crippen molar-refractivity contribution in [2.75, 3.05) is 13.2 Å². The van der Waals surface area contributed by atoms with Gasteiger partial charge in [-0.2, -0.15) is 0 Å². The molecule has 0 heterocycles. The lowest BCUT2D eigenvalue weighted by Gasteiger charge is -2.18. The largest absolute Gasteiger partial charge is 0.462 e. The Morgan fingerprint density at radius 3 is 0.805 bits per heavy atom. The van der Waals surface area contributed by atoms with Gasteiger partial charge in [0.2, 0.25) is 0 Å². The van der Waals surface area contributed by atoms with Gasteiger partial charge in [0.25, 0.3) is 0 Å². The van der Waals surface area contributed by atoms with Crippen molar-refractivity contribution in [3.8, 4) is 0 Å². The maximum absolute atomic E-state index is 12.9. The number of esters is 3. The molecule has 0 bridgehead atoms. The lowest BCUT2D eigenvalue weighted by atomic mass is 10.1. The zero-order valence-corrected chi connectivity index (χ0v) is 49.9. The highest BCUT2D eigenvalue weighted by Crippen LogP contribution is 2.15. The molecule has 0 aromatic heterocycles. The fraction of sp³-hybridized carbons (Fsp3) is 0.648. The zero-order valence-electron chi connectivity index (χ0n) is 49.9. The first-order valence-electron chi connectivity index (χ1n) is 31.7. The smallest absolute Gasteiger partial charge is 0.306 e. The Labute approximate surface area is 475 Å². The summed E-state index contributed by atoms with van der Waals surface area (Å²) in [6, 6.07) is 0. The van der Waals surface area contributed by atoms with Crippen LogP contribution in [0.25, 0.3) is 0 Å². The SMILES string of the molecule is CC/C=C\C/C=C\C/C=C\C/C=C\C/C=C\CCCCCC(=O)OC(COC(=O)CCCCCCCCC/C=C\C/C=C\CCCCC)COC(=O)CCCCCCCCCCCC/C=C\C/C=C\C/C=C\C/C=C\CC. The van der Waals surface area contributed by atoms with Crippen LogP contribution < -0.4 is 0 Å². The molecule has 0 N–H and O–H groups in total. The first kappa shape index (κ1) is 72.5. The molecular weight excluding hydrogens is 949 g/mol. The van der Waals surface area contributed by atoms with E-state index < -0.39 is 6.10 Å². The van der Waals surface area contributed by atoms with E-state index in [0.717, 1.165) is 135 Å². The fourth-order valence-corrected chi connectivity index (χ4v) is 8.43. The summed E-state index contributed by atoms with van der Waals surface area (Å²) < 4.78 is 16.9. The van der Waals surface area contributed by atoms with Crippen LogP contribution in [0.1, 0.15) is 278 Å². The highest BCUT2D eigenvalue weighted by molar-refractivity contribution is 5.71. The average Bonchev–Trinajstić information content (AvgIpc) is 3.43. The molecule has 0 rings (SSSR count). The predicted molar refractivity (Wildman–Crippen MR) is 334 cm³/mol. The van der Waals surface area contributed by atoms with Gasteiger partial charge in [0.15, 0.2) is 6.10 Å². The summed E-state index contributed by atoms with van der Waals surface area (Å²) in [5.41, 5.74) is 0. The number of carbonyl (C=O) groups excluding carboxylic acids is 3. The van der Waals surface area contributed by atoms with Crippen molar-refractivity contribution >= 4 is 17.9 Å². The second kappa shape index (κ2) is 64.1. The van der Waals surface area contributed by atoms with E-state index in [1.54, 1.807) is 0 Å². The van der Waals surface area contributed by atoms with Gasteiger partial charge in [-0.25, -0.2) is 0 Å². The summed E-state index contributed by atoms with van der Waals surface area (Å²) in [6.07, 6.45) is 90.2. The van der Waals surface area contributed by atoms with Crippen molar-refractivity contribution in [1.82, 2.24) is 0 Å². The number of unbranched alkanes of at least 4 members (excludes halogenated alkanes) is 23. The van der Waals surface area contributed by atoms with E-state index in [4.69, 9.17) is 14.2 Å². The van der Waals surface area contributed by atoms with Crippen LogP contribution in [-0.4, -0.2) is 37.2 Å². The summed E-state index contributed by atoms with van der Waals surface area (Å²) in [5.74, 6) is -0.942. The van der Waals surface area contributed by atoms with Crippen LogP contribution in [0.15, 0.2) is 134 Å². The summed E-state index contributed by atoms with van der Waals surface area (Å²) in [7, 11) is 0. The molecule has 0 radical (unpaired) electrons. The Morgan fingerprint density at radius 1 is 0.273 bits per heavy atom. The van der Waals surface area contributed by atoms with E-state index in [1.807, 2.05) is 0 Å². The van der Waals surface area contributed by atoms with Crippen LogP contribution in [0.3, 0.4) is 0 Å². The molecule has 0 aromatic rings. The topological polar surface area (TPSA) is 78.9 Å². The quantitative estimate of drug-likeness (QED) is 0.0261. The first-order valence-corrected chi connectivity index (χ1v) is 31.7. The molecule has 0 aliphatic heterocycles. The number of ether oxygens (including phenoxy) is 3. The molecule has 0 aromatic carbocycles. The molecular formula is C71H116O6. The van der Waals surface area contributed by atoms with Crippen molar-refractivity contribution in [2.24, 2.45) is 0 Å². The molecule has 0 aliphatic rings. The number of hydrogen-bond donors (Lipinski definition) is 0. The molecule has 1 atom stereocenters. The highest BCUT2D eigenvalue weighted by Gasteiger charge is 2.19. The number of hydrogen-bond acceptors (Lipinski definition) is 6.